The molecule has 2 aliphatic carbocycles. The summed E-state index contributed by atoms with van der Waals surface area (Å²) in [6.07, 6.45) is 6.16. The zero-order valence-electron chi connectivity index (χ0n) is 22.9. The van der Waals surface area contributed by atoms with Crippen molar-refractivity contribution in [2.75, 3.05) is 7.11 Å². The lowest BCUT2D eigenvalue weighted by Gasteiger charge is -2.28. The summed E-state index contributed by atoms with van der Waals surface area (Å²) in [5, 5.41) is 20.7. The third-order valence-electron chi connectivity index (χ3n) is 7.33. The zero-order chi connectivity index (χ0) is 28.8. The summed E-state index contributed by atoms with van der Waals surface area (Å²) < 4.78 is 33.7. The first kappa shape index (κ1) is 29.2. The van der Waals surface area contributed by atoms with Crippen LogP contribution in [0, 0.1) is 23.2 Å². The van der Waals surface area contributed by atoms with E-state index in [-0.39, 0.29) is 23.5 Å². The number of pyridine rings is 1. The van der Waals surface area contributed by atoms with Crippen LogP contribution in [-0.2, 0) is 4.79 Å². The van der Waals surface area contributed by atoms with Crippen LogP contribution in [0.15, 0.2) is 42.5 Å². The van der Waals surface area contributed by atoms with Crippen molar-refractivity contribution >= 4 is 18.0 Å². The Morgan fingerprint density at radius 2 is 1.88 bits per heavy atom. The quantitative estimate of drug-likeness (QED) is 0.245. The molecule has 0 bridgehead atoms. The number of amides is 2. The van der Waals surface area contributed by atoms with Crippen molar-refractivity contribution in [1.29, 1.82) is 5.41 Å². The molecule has 2 fully saturated rings. The molecule has 2 saturated carbocycles. The fourth-order valence-corrected chi connectivity index (χ4v) is 5.17. The van der Waals surface area contributed by atoms with Crippen molar-refractivity contribution in [2.45, 2.75) is 70.5 Å². The van der Waals surface area contributed by atoms with Gasteiger partial charge in [0.1, 0.15) is 11.7 Å². The predicted octanol–water partition coefficient (Wildman–Crippen LogP) is 4.00. The highest BCUT2D eigenvalue weighted by Crippen LogP contribution is 2.50. The van der Waals surface area contributed by atoms with Gasteiger partial charge in [-0.25, -0.2) is 13.8 Å². The largest absolute Gasteiger partial charge is 0.481 e. The second-order valence-corrected chi connectivity index (χ2v) is 10.6. The molecule has 0 radical (unpaired) electrons. The van der Waals surface area contributed by atoms with E-state index < -0.39 is 36.7 Å². The number of carbonyl (C=O) groups is 2. The molecule has 4 rings (SSSR count). The molecule has 0 aliphatic heterocycles. The molecule has 216 valence electrons. The molecule has 2 aromatic rings. The summed E-state index contributed by atoms with van der Waals surface area (Å²) in [5.74, 6) is 0.0285. The summed E-state index contributed by atoms with van der Waals surface area (Å²) in [7, 11) is 1.41. The van der Waals surface area contributed by atoms with Crippen LogP contribution >= 0.6 is 0 Å². The topological polar surface area (TPSA) is 134 Å². The number of nitrogens with zero attached hydrogens (tertiary/aromatic N) is 3. The molecule has 12 heteroatoms. The molecular weight excluding hydrogens is 520 g/mol. The molecule has 2 aliphatic rings. The van der Waals surface area contributed by atoms with E-state index in [1.807, 2.05) is 13.8 Å². The van der Waals surface area contributed by atoms with Gasteiger partial charge in [-0.2, -0.15) is 5.10 Å². The van der Waals surface area contributed by atoms with Gasteiger partial charge in [0.25, 0.3) is 5.91 Å². The molecule has 10 nitrogen and oxygen atoms in total. The van der Waals surface area contributed by atoms with E-state index in [9.17, 15) is 18.4 Å². The number of hydrogen-bond donors (Lipinski definition) is 4. The normalized spacial score (nSPS) is 17.1. The number of rotatable bonds is 15. The Balaban J connectivity index is 1.54. The summed E-state index contributed by atoms with van der Waals surface area (Å²) in [4.78, 5) is 31.1. The van der Waals surface area contributed by atoms with Crippen molar-refractivity contribution in [3.63, 3.8) is 0 Å². The first-order valence-corrected chi connectivity index (χ1v) is 13.6. The molecule has 2 atom stereocenters. The molecule has 0 saturated heterocycles. The molecule has 0 aromatic carbocycles. The highest BCUT2D eigenvalue weighted by molar-refractivity contribution is 5.98. The predicted molar refractivity (Wildman–Crippen MR) is 145 cm³/mol. The number of carbonyl (C=O) groups excluding carboxylic acids is 2. The second kappa shape index (κ2) is 13.0. The number of methoxy groups -OCH3 is 1. The maximum atomic E-state index is 13.7. The summed E-state index contributed by atoms with van der Waals surface area (Å²) >= 11 is 0. The Labute approximate surface area is 232 Å². The second-order valence-electron chi connectivity index (χ2n) is 10.6. The Bertz CT molecular complexity index is 1210. The number of hydrogen-bond acceptors (Lipinski definition) is 7. The minimum atomic E-state index is -2.62. The van der Waals surface area contributed by atoms with Crippen LogP contribution in [0.4, 0.5) is 8.78 Å². The van der Waals surface area contributed by atoms with Crippen LogP contribution in [0.5, 0.6) is 5.88 Å². The molecule has 4 N–H and O–H groups in total. The fourth-order valence-electron chi connectivity index (χ4n) is 5.17. The summed E-state index contributed by atoms with van der Waals surface area (Å²) in [6.45, 7) is 3.84. The van der Waals surface area contributed by atoms with Gasteiger partial charge >= 0.3 is 0 Å². The van der Waals surface area contributed by atoms with Crippen LogP contribution in [0.25, 0.3) is 0 Å². The SMILES string of the molecule is COc1ncccc1C(CC(F)F)N/C=C(\C=N)NC(=O)C(NC(=O)c1ccnn1C(C)C)C(C1CC1)C1CC1. The van der Waals surface area contributed by atoms with E-state index in [1.165, 1.54) is 19.5 Å². The van der Waals surface area contributed by atoms with Crippen molar-refractivity contribution < 1.29 is 23.1 Å². The third-order valence-corrected chi connectivity index (χ3v) is 7.33. The summed E-state index contributed by atoms with van der Waals surface area (Å²) in [6, 6.07) is 3.13. The Hall–Kier alpha value is -3.83. The lowest BCUT2D eigenvalue weighted by molar-refractivity contribution is -0.123. The third kappa shape index (κ3) is 7.22. The fraction of sp³-hybridized carbons (Fsp3) is 0.536. The standard InChI is InChI=1S/C28H37F2N7O3/c1-16(2)37-22(10-12-34-37)26(38)36-25(24(17-6-7-17)18-8-9-18)27(39)35-19(14-31)15-33-21(13-23(29)30)20-5-4-11-32-28(20)40-3/h4-5,10-12,14-18,21,23-25,31,33H,6-9,13H2,1-3H3,(H,35,39)(H,36,38)/b19-15+,31-14?. The average Bonchev–Trinajstić information content (AvgIpc) is 3.88. The van der Waals surface area contributed by atoms with Gasteiger partial charge in [0.15, 0.2) is 0 Å². The number of alkyl halides is 2. The van der Waals surface area contributed by atoms with E-state index in [4.69, 9.17) is 10.1 Å². The van der Waals surface area contributed by atoms with Gasteiger partial charge in [-0.3, -0.25) is 14.3 Å². The molecule has 0 spiro atoms. The average molecular weight is 558 g/mol. The van der Waals surface area contributed by atoms with Gasteiger partial charge in [-0.05, 0) is 69.4 Å². The molecule has 2 aromatic heterocycles. The molecule has 40 heavy (non-hydrogen) atoms. The number of halogens is 2. The maximum absolute atomic E-state index is 13.7. The van der Waals surface area contributed by atoms with Gasteiger partial charge in [0.2, 0.25) is 18.2 Å². The van der Waals surface area contributed by atoms with Crippen LogP contribution in [0.2, 0.25) is 0 Å². The molecule has 2 heterocycles. The van der Waals surface area contributed by atoms with Crippen LogP contribution < -0.4 is 20.7 Å². The van der Waals surface area contributed by atoms with Gasteiger partial charge in [-0.1, -0.05) is 6.07 Å². The van der Waals surface area contributed by atoms with Gasteiger partial charge in [-0.15, -0.1) is 0 Å². The van der Waals surface area contributed by atoms with E-state index in [0.29, 0.717) is 23.1 Å². The highest BCUT2D eigenvalue weighted by atomic mass is 19.3. The van der Waals surface area contributed by atoms with Crippen molar-refractivity contribution in [2.24, 2.45) is 17.8 Å². The Morgan fingerprint density at radius 3 is 2.45 bits per heavy atom. The monoisotopic (exact) mass is 557 g/mol. The smallest absolute Gasteiger partial charge is 0.270 e. The van der Waals surface area contributed by atoms with E-state index in [2.05, 4.69) is 26.0 Å². The number of nitrogens with one attached hydrogen (secondary N) is 4. The van der Waals surface area contributed by atoms with Crippen LogP contribution in [0.3, 0.4) is 0 Å². The first-order valence-electron chi connectivity index (χ1n) is 13.6. The van der Waals surface area contributed by atoms with Gasteiger partial charge in [0.05, 0.1) is 18.8 Å². The van der Waals surface area contributed by atoms with Gasteiger partial charge < -0.3 is 26.1 Å². The molecule has 2 unspecified atom stereocenters. The zero-order valence-corrected chi connectivity index (χ0v) is 22.9. The Kier molecular flexibility index (Phi) is 9.49. The van der Waals surface area contributed by atoms with Crippen molar-refractivity contribution in [3.05, 3.63) is 53.7 Å². The molecule has 2 amide bonds. The minimum Gasteiger partial charge on any atom is -0.481 e. The van der Waals surface area contributed by atoms with Crippen molar-refractivity contribution in [3.8, 4) is 5.88 Å². The lowest BCUT2D eigenvalue weighted by atomic mass is 9.88. The van der Waals surface area contributed by atoms with Crippen LogP contribution in [-0.4, -0.2) is 52.4 Å². The number of allylic oxidation sites excluding steroid dienone is 1. The first-order chi connectivity index (χ1) is 19.2. The minimum absolute atomic E-state index is 0.0226. The van der Waals surface area contributed by atoms with E-state index in [0.717, 1.165) is 31.9 Å². The maximum Gasteiger partial charge on any atom is 0.270 e. The molecular formula is C28H37F2N7O3. The van der Waals surface area contributed by atoms with E-state index >= 15 is 0 Å². The van der Waals surface area contributed by atoms with Crippen molar-refractivity contribution in [1.82, 2.24) is 30.7 Å². The highest BCUT2D eigenvalue weighted by Gasteiger charge is 2.48. The summed E-state index contributed by atoms with van der Waals surface area (Å²) in [5.41, 5.74) is 0.860. The van der Waals surface area contributed by atoms with Crippen LogP contribution in [0.1, 0.15) is 74.1 Å². The number of aromatic nitrogens is 3. The van der Waals surface area contributed by atoms with E-state index in [1.54, 1.807) is 29.1 Å². The van der Waals surface area contributed by atoms with Gasteiger partial charge in [0, 0.05) is 42.8 Å². The lowest BCUT2D eigenvalue weighted by Crippen LogP contribution is -2.52. The Morgan fingerprint density at radius 1 is 1.18 bits per heavy atom. The number of ether oxygens (including phenoxy) is 1.